The smallest absolute Gasteiger partial charge is 0.267 e. The molecule has 1 aliphatic heterocycles. The summed E-state index contributed by atoms with van der Waals surface area (Å²) in [4.78, 5) is 14.9. The number of hydrogen-bond donors (Lipinski definition) is 1. The van der Waals surface area contributed by atoms with E-state index in [-0.39, 0.29) is 28.3 Å². The molecule has 3 aromatic rings. The van der Waals surface area contributed by atoms with Crippen LogP contribution in [0.15, 0.2) is 71.6 Å². The molecule has 2 aliphatic rings. The van der Waals surface area contributed by atoms with Gasteiger partial charge >= 0.3 is 0 Å². The number of hydrogen-bond acceptors (Lipinski definition) is 7. The fourth-order valence-corrected chi connectivity index (χ4v) is 6.17. The van der Waals surface area contributed by atoms with Gasteiger partial charge in [-0.25, -0.2) is 25.9 Å². The molecule has 1 atom stereocenters. The average molecular weight is 587 g/mol. The lowest BCUT2D eigenvalue weighted by molar-refractivity contribution is 0.0375. The lowest BCUT2D eigenvalue weighted by atomic mass is 9.90. The topological polar surface area (TPSA) is 110 Å². The Morgan fingerprint density at radius 3 is 2.17 bits per heavy atom. The first-order valence-electron chi connectivity index (χ1n) is 13.0. The maximum absolute atomic E-state index is 14.8. The molecule has 5 rings (SSSR count). The van der Waals surface area contributed by atoms with Crippen molar-refractivity contribution in [3.63, 3.8) is 0 Å². The Balaban J connectivity index is 1.29. The second-order valence-corrected chi connectivity index (χ2v) is 14.4. The Hall–Kier alpha value is -3.28. The van der Waals surface area contributed by atoms with Gasteiger partial charge in [-0.1, -0.05) is 42.5 Å². The molecule has 2 fully saturated rings. The highest BCUT2D eigenvalue weighted by molar-refractivity contribution is 7.90. The van der Waals surface area contributed by atoms with Crippen molar-refractivity contribution < 1.29 is 30.8 Å². The highest BCUT2D eigenvalue weighted by Gasteiger charge is 2.35. The molecule has 212 valence electrons. The largest absolute Gasteiger partial charge is 0.493 e. The molecule has 8 nitrogen and oxygen atoms in total. The van der Waals surface area contributed by atoms with E-state index in [1.54, 1.807) is 12.1 Å². The quantitative estimate of drug-likeness (QED) is 0.384. The molecule has 1 saturated heterocycles. The number of nitrogens with zero attached hydrogens (tertiary/aromatic N) is 1. The number of carbonyl (C=O) groups is 1. The van der Waals surface area contributed by atoms with Gasteiger partial charge in [0.15, 0.2) is 9.84 Å². The number of ether oxygens (including phenoxy) is 1. The Morgan fingerprint density at radius 2 is 1.60 bits per heavy atom. The summed E-state index contributed by atoms with van der Waals surface area (Å²) in [5.41, 5.74) is 2.47. The van der Waals surface area contributed by atoms with E-state index in [0.717, 1.165) is 43.3 Å². The van der Waals surface area contributed by atoms with E-state index in [9.17, 15) is 26.0 Å². The summed E-state index contributed by atoms with van der Waals surface area (Å²) in [6.45, 7) is 1.81. The second kappa shape index (κ2) is 10.9. The maximum atomic E-state index is 14.8. The Bertz CT molecular complexity index is 1620. The third-order valence-electron chi connectivity index (χ3n) is 7.20. The molecule has 0 spiro atoms. The molecule has 0 aromatic heterocycles. The first-order chi connectivity index (χ1) is 18.9. The van der Waals surface area contributed by atoms with Crippen molar-refractivity contribution >= 4 is 25.8 Å². The van der Waals surface area contributed by atoms with Crippen molar-refractivity contribution in [2.75, 3.05) is 32.2 Å². The lowest BCUT2D eigenvalue weighted by Gasteiger charge is -2.44. The minimum atomic E-state index is -3.82. The second-order valence-electron chi connectivity index (χ2n) is 10.6. The van der Waals surface area contributed by atoms with Crippen LogP contribution in [0.4, 0.5) is 4.39 Å². The van der Waals surface area contributed by atoms with Crippen LogP contribution in [0.3, 0.4) is 0 Å². The molecular formula is C29H31FN2O6S2. The van der Waals surface area contributed by atoms with E-state index in [4.69, 9.17) is 4.74 Å². The van der Waals surface area contributed by atoms with Crippen LogP contribution >= 0.6 is 0 Å². The standard InChI is InChI=1S/C29H31FN2O6S2/c1-39(34,35)23-12-10-22(11-13-23)28(21-6-4-3-5-7-21)32-16-19(17-32)18-38-27-15-26(30)25(14-24(27)20-8-9-20)29(33)31-40(2,36)37/h3-7,10-15,19-20,28H,8-9,16-18H2,1-2H3,(H,31,33)/t28-/m1/s1. The number of nitrogens with one attached hydrogen (secondary N) is 1. The van der Waals surface area contributed by atoms with Crippen molar-refractivity contribution in [1.29, 1.82) is 0 Å². The van der Waals surface area contributed by atoms with E-state index < -0.39 is 31.6 Å². The van der Waals surface area contributed by atoms with Crippen molar-refractivity contribution in [1.82, 2.24) is 9.62 Å². The van der Waals surface area contributed by atoms with Crippen molar-refractivity contribution in [3.05, 3.63) is 94.8 Å². The van der Waals surface area contributed by atoms with Crippen LogP contribution in [-0.2, 0) is 19.9 Å². The molecule has 1 saturated carbocycles. The first-order valence-corrected chi connectivity index (χ1v) is 16.7. The molecule has 1 N–H and O–H groups in total. The minimum Gasteiger partial charge on any atom is -0.493 e. The first kappa shape index (κ1) is 28.3. The van der Waals surface area contributed by atoms with Gasteiger partial charge in [-0.3, -0.25) is 9.69 Å². The molecule has 0 unspecified atom stereocenters. The Kier molecular flexibility index (Phi) is 7.73. The van der Waals surface area contributed by atoms with Crippen LogP contribution in [0.5, 0.6) is 5.75 Å². The van der Waals surface area contributed by atoms with Gasteiger partial charge in [-0.15, -0.1) is 0 Å². The number of halogens is 1. The molecule has 1 amide bonds. The number of carbonyl (C=O) groups excluding carboxylic acids is 1. The van der Waals surface area contributed by atoms with E-state index in [1.807, 2.05) is 47.2 Å². The van der Waals surface area contributed by atoms with Crippen molar-refractivity contribution in [2.45, 2.75) is 29.7 Å². The monoisotopic (exact) mass is 586 g/mol. The van der Waals surface area contributed by atoms with Gasteiger partial charge in [0.2, 0.25) is 10.0 Å². The Labute approximate surface area is 234 Å². The molecule has 40 heavy (non-hydrogen) atoms. The molecular weight excluding hydrogens is 555 g/mol. The summed E-state index contributed by atoms with van der Waals surface area (Å²) in [5.74, 6) is -1.12. The predicted molar refractivity (Wildman–Crippen MR) is 149 cm³/mol. The van der Waals surface area contributed by atoms with Crippen LogP contribution < -0.4 is 9.46 Å². The summed E-state index contributed by atoms with van der Waals surface area (Å²) in [6, 6.07) is 19.5. The summed E-state index contributed by atoms with van der Waals surface area (Å²) in [5, 5.41) is 0. The normalized spacial score (nSPS) is 17.2. The predicted octanol–water partition coefficient (Wildman–Crippen LogP) is 3.90. The number of sulfone groups is 1. The van der Waals surface area contributed by atoms with Crippen molar-refractivity contribution in [2.24, 2.45) is 5.92 Å². The van der Waals surface area contributed by atoms with Crippen molar-refractivity contribution in [3.8, 4) is 5.75 Å². The van der Waals surface area contributed by atoms with E-state index in [1.165, 1.54) is 18.4 Å². The molecule has 0 radical (unpaired) electrons. The third kappa shape index (κ3) is 6.54. The SMILES string of the molecule is CS(=O)(=O)NC(=O)c1cc(C2CC2)c(OCC2CN([C@H](c3ccccc3)c3ccc(S(C)(=O)=O)cc3)C2)cc1F. The van der Waals surface area contributed by atoms with Gasteiger partial charge in [-0.05, 0) is 53.6 Å². The highest BCUT2D eigenvalue weighted by Crippen LogP contribution is 2.45. The Morgan fingerprint density at radius 1 is 0.975 bits per heavy atom. The lowest BCUT2D eigenvalue weighted by Crippen LogP contribution is -2.51. The van der Waals surface area contributed by atoms with Crippen LogP contribution in [-0.4, -0.2) is 59.9 Å². The summed E-state index contributed by atoms with van der Waals surface area (Å²) >= 11 is 0. The molecule has 11 heteroatoms. The fourth-order valence-electron chi connectivity index (χ4n) is 5.09. The van der Waals surface area contributed by atoms with Gasteiger partial charge in [0.25, 0.3) is 5.91 Å². The zero-order valence-electron chi connectivity index (χ0n) is 22.2. The minimum absolute atomic E-state index is 0.0573. The maximum Gasteiger partial charge on any atom is 0.267 e. The average Bonchev–Trinajstić information content (AvgIpc) is 3.70. The van der Waals surface area contributed by atoms with Crippen LogP contribution in [0.2, 0.25) is 0 Å². The zero-order valence-corrected chi connectivity index (χ0v) is 23.8. The van der Waals surface area contributed by atoms with E-state index in [0.29, 0.717) is 17.9 Å². The van der Waals surface area contributed by atoms with Gasteiger partial charge in [-0.2, -0.15) is 0 Å². The van der Waals surface area contributed by atoms with Crippen LogP contribution in [0, 0.1) is 11.7 Å². The fraction of sp³-hybridized carbons (Fsp3) is 0.345. The summed E-state index contributed by atoms with van der Waals surface area (Å²) in [6.07, 6.45) is 3.82. The molecule has 0 bridgehead atoms. The van der Waals surface area contributed by atoms with E-state index >= 15 is 0 Å². The summed E-state index contributed by atoms with van der Waals surface area (Å²) < 4.78 is 69.4. The number of amides is 1. The number of sulfonamides is 1. The van der Waals surface area contributed by atoms with Crippen LogP contribution in [0.1, 0.15) is 51.8 Å². The zero-order chi connectivity index (χ0) is 28.7. The van der Waals surface area contributed by atoms with Gasteiger partial charge in [0, 0.05) is 31.3 Å². The highest BCUT2D eigenvalue weighted by atomic mass is 32.2. The summed E-state index contributed by atoms with van der Waals surface area (Å²) in [7, 11) is -7.12. The molecule has 3 aromatic carbocycles. The van der Waals surface area contributed by atoms with Gasteiger partial charge in [0.1, 0.15) is 11.6 Å². The van der Waals surface area contributed by atoms with Gasteiger partial charge < -0.3 is 4.74 Å². The molecule has 1 heterocycles. The third-order valence-corrected chi connectivity index (χ3v) is 8.89. The number of likely N-dealkylation sites (tertiary alicyclic amines) is 1. The number of benzene rings is 3. The van der Waals surface area contributed by atoms with Crippen LogP contribution in [0.25, 0.3) is 0 Å². The van der Waals surface area contributed by atoms with Gasteiger partial charge in [0.05, 0.1) is 29.4 Å². The van der Waals surface area contributed by atoms with E-state index in [2.05, 4.69) is 4.90 Å². The number of rotatable bonds is 10. The molecule has 1 aliphatic carbocycles.